The molecule has 2 rings (SSSR count). The first-order chi connectivity index (χ1) is 8.72. The average molecular weight is 261 g/mol. The molecule has 4 heteroatoms. The summed E-state index contributed by atoms with van der Waals surface area (Å²) >= 11 is 1.46. The molecule has 0 bridgehead atoms. The van der Waals surface area contributed by atoms with Crippen LogP contribution in [0.15, 0.2) is 58.3 Å². The van der Waals surface area contributed by atoms with Crippen LogP contribution in [0.1, 0.15) is 10.4 Å². The minimum atomic E-state index is -0.340. The Labute approximate surface area is 110 Å². The van der Waals surface area contributed by atoms with Crippen molar-refractivity contribution in [2.45, 2.75) is 9.79 Å². The first-order valence-electron chi connectivity index (χ1n) is 5.42. The first-order valence-corrected chi connectivity index (χ1v) is 6.23. The Morgan fingerprint density at radius 1 is 1.06 bits per heavy atom. The van der Waals surface area contributed by atoms with Gasteiger partial charge in [0.15, 0.2) is 0 Å². The van der Waals surface area contributed by atoms with Gasteiger partial charge in [0.2, 0.25) is 0 Å². The van der Waals surface area contributed by atoms with E-state index in [0.29, 0.717) is 11.3 Å². The summed E-state index contributed by atoms with van der Waals surface area (Å²) in [6, 6.07) is 14.9. The lowest BCUT2D eigenvalue weighted by atomic mass is 10.3. The maximum absolute atomic E-state index is 11.6. The number of hydrogen-bond donors (Lipinski definition) is 1. The molecule has 0 heterocycles. The largest absolute Gasteiger partial charge is 0.465 e. The highest BCUT2D eigenvalue weighted by atomic mass is 32.2. The van der Waals surface area contributed by atoms with Gasteiger partial charge >= 0.3 is 5.97 Å². The maximum atomic E-state index is 11.6. The number of para-hydroxylation sites is 1. The fourth-order valence-electron chi connectivity index (χ4n) is 1.53. The molecule has 0 unspecified atom stereocenters. The van der Waals surface area contributed by atoms with E-state index in [0.717, 1.165) is 9.79 Å². The maximum Gasteiger partial charge on any atom is 0.339 e. The smallest absolute Gasteiger partial charge is 0.339 e. The van der Waals surface area contributed by atoms with Crippen molar-refractivity contribution in [3.05, 3.63) is 54.1 Å². The number of nitrogens with two attached hydrogens (primary N) is 1. The summed E-state index contributed by atoms with van der Waals surface area (Å²) in [7, 11) is 1.38. The average Bonchev–Trinajstić information content (AvgIpc) is 2.41. The zero-order chi connectivity index (χ0) is 13.0. The minimum absolute atomic E-state index is 0.340. The van der Waals surface area contributed by atoms with Crippen molar-refractivity contribution in [1.29, 1.82) is 0 Å². The number of anilines is 1. The summed E-state index contributed by atoms with van der Waals surface area (Å²) < 4.78 is 4.76. The monoisotopic (exact) mass is 261 g/mol. The quantitative estimate of drug-likeness (QED) is 0.681. The van der Waals surface area contributed by atoms with Crippen LogP contribution in [-0.2, 0) is 4.74 Å². The number of esters is 1. The van der Waals surface area contributed by atoms with Crippen molar-refractivity contribution in [2.24, 2.45) is 0 Å². The Morgan fingerprint density at radius 3 is 2.33 bits per heavy atom. The van der Waals surface area contributed by atoms with Crippen molar-refractivity contribution in [3.8, 4) is 0 Å². The molecule has 2 aromatic rings. The van der Waals surface area contributed by atoms with Crippen molar-refractivity contribution >= 4 is 23.4 Å². The summed E-state index contributed by atoms with van der Waals surface area (Å²) in [6.45, 7) is 0. The fourth-order valence-corrected chi connectivity index (χ4v) is 2.50. The number of ether oxygens (including phenoxy) is 1. The van der Waals surface area contributed by atoms with Crippen LogP contribution in [0.2, 0.25) is 0 Å². The van der Waals surface area contributed by atoms with Gasteiger partial charge in [-0.25, -0.2) is 4.79 Å². The van der Waals surface area contributed by atoms with Crippen LogP contribution in [-0.4, -0.2) is 13.1 Å². The molecule has 0 fully saturated rings. The van der Waals surface area contributed by atoms with E-state index < -0.39 is 0 Å². The van der Waals surface area contributed by atoms with Crippen LogP contribution in [0.3, 0.4) is 0 Å². The molecule has 92 valence electrons. The molecular formula is C14H13NO2S. The number of benzene rings is 2. The first kappa shape index (κ1) is 12.5. The van der Waals surface area contributed by atoms with E-state index in [4.69, 9.17) is 10.5 Å². The lowest BCUT2D eigenvalue weighted by Crippen LogP contribution is -2.02. The van der Waals surface area contributed by atoms with Gasteiger partial charge in [0.1, 0.15) is 0 Å². The highest BCUT2D eigenvalue weighted by molar-refractivity contribution is 7.99. The molecule has 18 heavy (non-hydrogen) atoms. The highest BCUT2D eigenvalue weighted by Gasteiger charge is 2.12. The van der Waals surface area contributed by atoms with Crippen molar-refractivity contribution in [3.63, 3.8) is 0 Å². The van der Waals surface area contributed by atoms with Crippen LogP contribution >= 0.6 is 11.8 Å². The van der Waals surface area contributed by atoms with E-state index in [9.17, 15) is 4.79 Å². The number of carbonyl (C=O) groups is 1. The third kappa shape index (κ3) is 2.65. The second kappa shape index (κ2) is 5.60. The molecule has 0 aliphatic carbocycles. The SMILES string of the molecule is CO[14C](=O)c1ccccc1Sc1ccccc1N. The van der Waals surface area contributed by atoms with E-state index in [1.54, 1.807) is 6.07 Å². The molecule has 0 spiro atoms. The molecule has 0 radical (unpaired) electrons. The molecule has 3 nitrogen and oxygen atoms in total. The molecule has 0 saturated carbocycles. The van der Waals surface area contributed by atoms with Crippen LogP contribution in [0.4, 0.5) is 5.69 Å². The summed E-state index contributed by atoms with van der Waals surface area (Å²) in [5.41, 5.74) is 7.14. The van der Waals surface area contributed by atoms with Crippen molar-refractivity contribution < 1.29 is 9.53 Å². The van der Waals surface area contributed by atoms with E-state index in [1.807, 2.05) is 42.5 Å². The fraction of sp³-hybridized carbons (Fsp3) is 0.0714. The molecule has 0 amide bonds. The van der Waals surface area contributed by atoms with Crippen LogP contribution < -0.4 is 5.73 Å². The van der Waals surface area contributed by atoms with Crippen LogP contribution in [0, 0.1) is 0 Å². The summed E-state index contributed by atoms with van der Waals surface area (Å²) in [5.74, 6) is -0.340. The number of hydrogen-bond acceptors (Lipinski definition) is 4. The third-order valence-corrected chi connectivity index (χ3v) is 3.60. The molecule has 0 aliphatic heterocycles. The van der Waals surface area contributed by atoms with Gasteiger partial charge in [0.05, 0.1) is 12.7 Å². The predicted molar refractivity (Wildman–Crippen MR) is 72.8 cm³/mol. The second-order valence-corrected chi connectivity index (χ2v) is 4.71. The minimum Gasteiger partial charge on any atom is -0.465 e. The van der Waals surface area contributed by atoms with Gasteiger partial charge in [-0.1, -0.05) is 36.0 Å². The van der Waals surface area contributed by atoms with Gasteiger partial charge in [-0.15, -0.1) is 0 Å². The zero-order valence-corrected chi connectivity index (χ0v) is 10.7. The Kier molecular flexibility index (Phi) is 3.89. The Morgan fingerprint density at radius 2 is 1.67 bits per heavy atom. The molecule has 0 aromatic heterocycles. The molecule has 0 saturated heterocycles. The normalized spacial score (nSPS) is 10.1. The number of methoxy groups -OCH3 is 1. The predicted octanol–water partition coefficient (Wildman–Crippen LogP) is 3.21. The van der Waals surface area contributed by atoms with Crippen LogP contribution in [0.5, 0.6) is 0 Å². The van der Waals surface area contributed by atoms with E-state index in [1.165, 1.54) is 18.9 Å². The second-order valence-electron chi connectivity index (χ2n) is 3.63. The molecule has 0 atom stereocenters. The van der Waals surface area contributed by atoms with E-state index in [2.05, 4.69) is 0 Å². The topological polar surface area (TPSA) is 52.3 Å². The van der Waals surface area contributed by atoms with E-state index >= 15 is 0 Å². The lowest BCUT2D eigenvalue weighted by Gasteiger charge is -2.08. The Balaban J connectivity index is 2.35. The van der Waals surface area contributed by atoms with Gasteiger partial charge in [-0.05, 0) is 24.3 Å². The van der Waals surface area contributed by atoms with Crippen molar-refractivity contribution in [1.82, 2.24) is 0 Å². The molecule has 2 N–H and O–H groups in total. The summed E-state index contributed by atoms with van der Waals surface area (Å²) in [6.07, 6.45) is 0. The zero-order valence-electron chi connectivity index (χ0n) is 9.92. The number of nitrogen functional groups attached to an aromatic ring is 1. The summed E-state index contributed by atoms with van der Waals surface area (Å²) in [5, 5.41) is 0. The van der Waals surface area contributed by atoms with Gasteiger partial charge in [0.25, 0.3) is 0 Å². The lowest BCUT2D eigenvalue weighted by molar-refractivity contribution is 0.0597. The Hall–Kier alpha value is -1.94. The molecular weight excluding hydrogens is 248 g/mol. The highest BCUT2D eigenvalue weighted by Crippen LogP contribution is 2.34. The van der Waals surface area contributed by atoms with Gasteiger partial charge in [0, 0.05) is 15.5 Å². The summed E-state index contributed by atoms with van der Waals surface area (Å²) in [4.78, 5) is 13.4. The van der Waals surface area contributed by atoms with Crippen molar-refractivity contribution in [2.75, 3.05) is 12.8 Å². The third-order valence-electron chi connectivity index (χ3n) is 2.43. The van der Waals surface area contributed by atoms with Gasteiger partial charge in [-0.2, -0.15) is 0 Å². The van der Waals surface area contributed by atoms with E-state index in [-0.39, 0.29) is 5.97 Å². The number of carbonyl (C=O) groups excluding carboxylic acids is 1. The standard InChI is InChI=1S/C14H13NO2S/c1-17-14(16)10-6-2-4-8-12(10)18-13-9-5-3-7-11(13)15/h2-9H,15H2,1H3/i14+2. The van der Waals surface area contributed by atoms with Gasteiger partial charge in [-0.3, -0.25) is 0 Å². The van der Waals surface area contributed by atoms with Gasteiger partial charge < -0.3 is 10.5 Å². The molecule has 2 aromatic carbocycles. The number of rotatable bonds is 3. The molecule has 0 aliphatic rings. The Bertz CT molecular complexity index is 569. The van der Waals surface area contributed by atoms with Crippen LogP contribution in [0.25, 0.3) is 0 Å².